The smallest absolute Gasteiger partial charge is 0.228 e. The predicted octanol–water partition coefficient (Wildman–Crippen LogP) is 3.63. The average Bonchev–Trinajstić information content (AvgIpc) is 2.89. The van der Waals surface area contributed by atoms with Crippen LogP contribution < -0.4 is 5.32 Å². The number of aromatic nitrogens is 1. The van der Waals surface area contributed by atoms with Crippen LogP contribution in [-0.4, -0.2) is 10.9 Å². The van der Waals surface area contributed by atoms with Crippen LogP contribution in [0.25, 0.3) is 11.1 Å². The number of anilines is 1. The fourth-order valence-electron chi connectivity index (χ4n) is 2.34. The molecule has 0 spiro atoms. The van der Waals surface area contributed by atoms with Gasteiger partial charge in [-0.2, -0.15) is 0 Å². The molecule has 4 nitrogen and oxygen atoms in total. The van der Waals surface area contributed by atoms with E-state index in [1.54, 1.807) is 0 Å². The zero-order valence-electron chi connectivity index (χ0n) is 12.0. The van der Waals surface area contributed by atoms with Gasteiger partial charge in [0.25, 0.3) is 0 Å². The Morgan fingerprint density at radius 1 is 1.19 bits per heavy atom. The molecule has 0 atom stereocenters. The van der Waals surface area contributed by atoms with Crippen molar-refractivity contribution in [3.05, 3.63) is 59.5 Å². The van der Waals surface area contributed by atoms with Gasteiger partial charge in [-0.3, -0.25) is 4.79 Å². The number of carbonyl (C=O) groups is 1. The van der Waals surface area contributed by atoms with Crippen LogP contribution in [-0.2, 0) is 11.2 Å². The minimum absolute atomic E-state index is 0.0409. The quantitative estimate of drug-likeness (QED) is 0.797. The molecule has 0 radical (unpaired) electrons. The fraction of sp³-hybridized carbons (Fsp3) is 0.176. The molecule has 2 aromatic carbocycles. The fourth-order valence-corrected chi connectivity index (χ4v) is 2.34. The van der Waals surface area contributed by atoms with Gasteiger partial charge in [0.15, 0.2) is 12.0 Å². The lowest BCUT2D eigenvalue weighted by molar-refractivity contribution is -0.115. The molecule has 21 heavy (non-hydrogen) atoms. The van der Waals surface area contributed by atoms with E-state index in [0.717, 1.165) is 22.3 Å². The van der Waals surface area contributed by atoms with Crippen LogP contribution in [0.4, 0.5) is 5.69 Å². The minimum Gasteiger partial charge on any atom is -0.443 e. The van der Waals surface area contributed by atoms with Gasteiger partial charge in [0.05, 0.1) is 6.42 Å². The summed E-state index contributed by atoms with van der Waals surface area (Å²) in [5.74, 6) is -0.0409. The topological polar surface area (TPSA) is 55.1 Å². The Morgan fingerprint density at radius 2 is 2.05 bits per heavy atom. The molecule has 1 N–H and O–H groups in total. The van der Waals surface area contributed by atoms with Gasteiger partial charge in [0.2, 0.25) is 5.91 Å². The lowest BCUT2D eigenvalue weighted by atomic mass is 10.1. The molecule has 0 bridgehead atoms. The maximum Gasteiger partial charge on any atom is 0.228 e. The van der Waals surface area contributed by atoms with Gasteiger partial charge in [0, 0.05) is 5.69 Å². The zero-order valence-corrected chi connectivity index (χ0v) is 12.0. The van der Waals surface area contributed by atoms with Gasteiger partial charge in [-0.15, -0.1) is 0 Å². The molecular formula is C17H16N2O2. The predicted molar refractivity (Wildman–Crippen MR) is 82.3 cm³/mol. The van der Waals surface area contributed by atoms with Crippen molar-refractivity contribution in [1.82, 2.24) is 4.98 Å². The molecule has 0 aliphatic heterocycles. The summed E-state index contributed by atoms with van der Waals surface area (Å²) < 4.78 is 5.25. The first kappa shape index (κ1) is 13.4. The van der Waals surface area contributed by atoms with Gasteiger partial charge in [-0.05, 0) is 43.2 Å². The third-order valence-corrected chi connectivity index (χ3v) is 3.42. The summed E-state index contributed by atoms with van der Waals surface area (Å²) in [5.41, 5.74) is 5.50. The van der Waals surface area contributed by atoms with Crippen LogP contribution in [0.15, 0.2) is 47.2 Å². The number of benzene rings is 2. The molecular weight excluding hydrogens is 264 g/mol. The lowest BCUT2D eigenvalue weighted by Crippen LogP contribution is -2.15. The first-order valence-corrected chi connectivity index (χ1v) is 6.81. The molecule has 0 aliphatic carbocycles. The summed E-state index contributed by atoms with van der Waals surface area (Å²) in [7, 11) is 0. The molecule has 0 saturated carbocycles. The van der Waals surface area contributed by atoms with Crippen LogP contribution in [0.1, 0.15) is 16.7 Å². The van der Waals surface area contributed by atoms with E-state index < -0.39 is 0 Å². The van der Waals surface area contributed by atoms with Gasteiger partial charge in [-0.25, -0.2) is 4.98 Å². The van der Waals surface area contributed by atoms with Crippen LogP contribution in [0.5, 0.6) is 0 Å². The molecule has 1 aromatic heterocycles. The zero-order chi connectivity index (χ0) is 14.8. The SMILES string of the molecule is Cc1ccc(NC(=O)Cc2ccc3ncoc3c2)c(C)c1. The third kappa shape index (κ3) is 2.94. The van der Waals surface area contributed by atoms with Crippen molar-refractivity contribution < 1.29 is 9.21 Å². The molecule has 106 valence electrons. The largest absolute Gasteiger partial charge is 0.443 e. The summed E-state index contributed by atoms with van der Waals surface area (Å²) >= 11 is 0. The van der Waals surface area contributed by atoms with Crippen LogP contribution in [0.2, 0.25) is 0 Å². The average molecular weight is 280 g/mol. The minimum atomic E-state index is -0.0409. The van der Waals surface area contributed by atoms with Gasteiger partial charge >= 0.3 is 0 Å². The Morgan fingerprint density at radius 3 is 2.86 bits per heavy atom. The number of oxazole rings is 1. The highest BCUT2D eigenvalue weighted by atomic mass is 16.3. The van der Waals surface area contributed by atoms with Crippen molar-refractivity contribution in [1.29, 1.82) is 0 Å². The van der Waals surface area contributed by atoms with E-state index in [4.69, 9.17) is 4.42 Å². The highest BCUT2D eigenvalue weighted by Gasteiger charge is 2.08. The van der Waals surface area contributed by atoms with E-state index in [0.29, 0.717) is 12.0 Å². The Kier molecular flexibility index (Phi) is 3.44. The van der Waals surface area contributed by atoms with Crippen molar-refractivity contribution in [2.45, 2.75) is 20.3 Å². The Hall–Kier alpha value is -2.62. The molecule has 0 saturated heterocycles. The summed E-state index contributed by atoms with van der Waals surface area (Å²) in [6.07, 6.45) is 1.72. The molecule has 1 amide bonds. The normalized spacial score (nSPS) is 10.8. The summed E-state index contributed by atoms with van der Waals surface area (Å²) in [6.45, 7) is 4.02. The number of nitrogens with one attached hydrogen (secondary N) is 1. The molecule has 4 heteroatoms. The third-order valence-electron chi connectivity index (χ3n) is 3.42. The molecule has 3 aromatic rings. The summed E-state index contributed by atoms with van der Waals surface area (Å²) in [4.78, 5) is 16.2. The second-order valence-corrected chi connectivity index (χ2v) is 5.20. The summed E-state index contributed by atoms with van der Waals surface area (Å²) in [5, 5.41) is 2.94. The lowest BCUT2D eigenvalue weighted by Gasteiger charge is -2.09. The molecule has 0 unspecified atom stereocenters. The van der Waals surface area contributed by atoms with Crippen LogP contribution in [0.3, 0.4) is 0 Å². The molecule has 0 aliphatic rings. The maximum atomic E-state index is 12.1. The molecule has 1 heterocycles. The number of fused-ring (bicyclic) bond motifs is 1. The van der Waals surface area contributed by atoms with Gasteiger partial charge in [-0.1, -0.05) is 23.8 Å². The second-order valence-electron chi connectivity index (χ2n) is 5.20. The second kappa shape index (κ2) is 5.40. The summed E-state index contributed by atoms with van der Waals surface area (Å²) in [6, 6.07) is 11.6. The van der Waals surface area contributed by atoms with Crippen molar-refractivity contribution in [2.75, 3.05) is 5.32 Å². The van der Waals surface area contributed by atoms with Crippen molar-refractivity contribution in [3.63, 3.8) is 0 Å². The Bertz CT molecular complexity index is 805. The number of nitrogens with zero attached hydrogens (tertiary/aromatic N) is 1. The monoisotopic (exact) mass is 280 g/mol. The Balaban J connectivity index is 1.73. The van der Waals surface area contributed by atoms with E-state index >= 15 is 0 Å². The number of carbonyl (C=O) groups excluding carboxylic acids is 1. The highest BCUT2D eigenvalue weighted by Crippen LogP contribution is 2.18. The van der Waals surface area contributed by atoms with E-state index in [2.05, 4.69) is 16.4 Å². The first-order chi connectivity index (χ1) is 10.1. The van der Waals surface area contributed by atoms with Crippen LogP contribution >= 0.6 is 0 Å². The standard InChI is InChI=1S/C17H16N2O2/c1-11-3-5-14(12(2)7-11)19-17(20)9-13-4-6-15-16(8-13)21-10-18-15/h3-8,10H,9H2,1-2H3,(H,19,20). The van der Waals surface area contributed by atoms with E-state index in [1.165, 1.54) is 12.0 Å². The first-order valence-electron chi connectivity index (χ1n) is 6.81. The maximum absolute atomic E-state index is 12.1. The molecule has 3 rings (SSSR count). The van der Waals surface area contributed by atoms with Gasteiger partial charge in [0.1, 0.15) is 5.52 Å². The number of hydrogen-bond acceptors (Lipinski definition) is 3. The van der Waals surface area contributed by atoms with Gasteiger partial charge < -0.3 is 9.73 Å². The number of hydrogen-bond donors (Lipinski definition) is 1. The van der Waals surface area contributed by atoms with Crippen LogP contribution in [0, 0.1) is 13.8 Å². The van der Waals surface area contributed by atoms with Crippen molar-refractivity contribution >= 4 is 22.7 Å². The molecule has 0 fully saturated rings. The van der Waals surface area contributed by atoms with E-state index in [-0.39, 0.29) is 5.91 Å². The van der Waals surface area contributed by atoms with E-state index in [9.17, 15) is 4.79 Å². The van der Waals surface area contributed by atoms with E-state index in [1.807, 2.05) is 44.2 Å². The number of rotatable bonds is 3. The van der Waals surface area contributed by atoms with Crippen molar-refractivity contribution in [3.8, 4) is 0 Å². The Labute approximate surface area is 122 Å². The van der Waals surface area contributed by atoms with Crippen molar-refractivity contribution in [2.24, 2.45) is 0 Å². The number of aryl methyl sites for hydroxylation is 2. The number of amides is 1. The highest BCUT2D eigenvalue weighted by molar-refractivity contribution is 5.93.